The minimum absolute atomic E-state index is 0.127. The van der Waals surface area contributed by atoms with Gasteiger partial charge in [0, 0.05) is 17.8 Å². The molecule has 0 aliphatic carbocycles. The number of carbonyl (C=O) groups excluding carboxylic acids is 1. The van der Waals surface area contributed by atoms with Crippen LogP contribution in [-0.2, 0) is 0 Å². The van der Waals surface area contributed by atoms with Gasteiger partial charge in [-0.1, -0.05) is 23.4 Å². The maximum atomic E-state index is 12.4. The molecule has 4 nitrogen and oxygen atoms in total. The Bertz CT molecular complexity index is 546. The summed E-state index contributed by atoms with van der Waals surface area (Å²) in [7, 11) is 0. The van der Waals surface area contributed by atoms with Crippen LogP contribution in [0.15, 0.2) is 34.9 Å². The molecule has 0 N–H and O–H groups in total. The van der Waals surface area contributed by atoms with Crippen molar-refractivity contribution >= 4 is 11.6 Å². The van der Waals surface area contributed by atoms with Crippen molar-refractivity contribution in [1.29, 1.82) is 0 Å². The average molecular weight is 244 g/mol. The molecule has 0 bridgehead atoms. The number of hydrogen-bond acceptors (Lipinski definition) is 3. The summed E-state index contributed by atoms with van der Waals surface area (Å²) in [5, 5.41) is 3.84. The van der Waals surface area contributed by atoms with Crippen LogP contribution in [0.3, 0.4) is 0 Å². The van der Waals surface area contributed by atoms with Crippen molar-refractivity contribution < 1.29 is 9.32 Å². The number of hydrogen-bond donors (Lipinski definition) is 0. The summed E-state index contributed by atoms with van der Waals surface area (Å²) in [6, 6.07) is 9.55. The van der Waals surface area contributed by atoms with Gasteiger partial charge >= 0.3 is 0 Å². The molecule has 0 radical (unpaired) electrons. The zero-order valence-corrected chi connectivity index (χ0v) is 10.8. The Hall–Kier alpha value is -2.10. The molecule has 2 rings (SSSR count). The van der Waals surface area contributed by atoms with Crippen molar-refractivity contribution in [3.05, 3.63) is 47.3 Å². The molecule has 0 atom stereocenters. The van der Waals surface area contributed by atoms with E-state index in [1.165, 1.54) is 0 Å². The molecule has 1 aromatic heterocycles. The molecular weight excluding hydrogens is 228 g/mol. The zero-order valence-electron chi connectivity index (χ0n) is 10.8. The van der Waals surface area contributed by atoms with E-state index in [4.69, 9.17) is 4.52 Å². The maximum absolute atomic E-state index is 12.4. The van der Waals surface area contributed by atoms with E-state index in [1.54, 1.807) is 11.8 Å². The number of aryl methyl sites for hydroxylation is 1. The predicted molar refractivity (Wildman–Crippen MR) is 69.8 cm³/mol. The summed E-state index contributed by atoms with van der Waals surface area (Å²) in [6.45, 7) is 6.18. The molecule has 1 aromatic carbocycles. The molecule has 0 saturated carbocycles. The summed E-state index contributed by atoms with van der Waals surface area (Å²) >= 11 is 0. The molecular formula is C14H16N2O2. The number of carbonyl (C=O) groups is 1. The summed E-state index contributed by atoms with van der Waals surface area (Å²) in [6.07, 6.45) is 0. The van der Waals surface area contributed by atoms with Gasteiger partial charge in [-0.25, -0.2) is 0 Å². The van der Waals surface area contributed by atoms with Gasteiger partial charge in [0.05, 0.1) is 0 Å². The van der Waals surface area contributed by atoms with Crippen LogP contribution in [0.1, 0.15) is 28.7 Å². The van der Waals surface area contributed by atoms with Crippen LogP contribution in [0.2, 0.25) is 0 Å². The highest BCUT2D eigenvalue weighted by atomic mass is 16.5. The first kappa shape index (κ1) is 12.4. The minimum atomic E-state index is -0.127. The number of anilines is 1. The number of para-hydroxylation sites is 1. The number of amides is 1. The monoisotopic (exact) mass is 244 g/mol. The molecule has 0 aliphatic rings. The Morgan fingerprint density at radius 3 is 2.44 bits per heavy atom. The van der Waals surface area contributed by atoms with Crippen LogP contribution >= 0.6 is 0 Å². The highest BCUT2D eigenvalue weighted by Gasteiger charge is 2.22. The van der Waals surface area contributed by atoms with Gasteiger partial charge in [0.1, 0.15) is 5.76 Å². The molecule has 1 heterocycles. The lowest BCUT2D eigenvalue weighted by Crippen LogP contribution is -2.31. The van der Waals surface area contributed by atoms with E-state index in [2.05, 4.69) is 5.16 Å². The van der Waals surface area contributed by atoms with Gasteiger partial charge in [-0.3, -0.25) is 4.79 Å². The lowest BCUT2D eigenvalue weighted by atomic mass is 10.2. The maximum Gasteiger partial charge on any atom is 0.280 e. The smallest absolute Gasteiger partial charge is 0.280 e. The second-order valence-electron chi connectivity index (χ2n) is 4.10. The number of benzene rings is 1. The zero-order chi connectivity index (χ0) is 13.1. The number of rotatable bonds is 3. The lowest BCUT2D eigenvalue weighted by molar-refractivity contribution is 0.0979. The van der Waals surface area contributed by atoms with Crippen LogP contribution in [0.25, 0.3) is 0 Å². The van der Waals surface area contributed by atoms with Crippen molar-refractivity contribution in [2.45, 2.75) is 20.8 Å². The van der Waals surface area contributed by atoms with Crippen molar-refractivity contribution in [2.75, 3.05) is 11.4 Å². The van der Waals surface area contributed by atoms with Crippen LogP contribution in [0.5, 0.6) is 0 Å². The molecule has 0 unspecified atom stereocenters. The first-order valence-corrected chi connectivity index (χ1v) is 5.95. The lowest BCUT2D eigenvalue weighted by Gasteiger charge is -2.19. The molecule has 1 amide bonds. The van der Waals surface area contributed by atoms with Gasteiger partial charge in [0.2, 0.25) is 0 Å². The fourth-order valence-electron chi connectivity index (χ4n) is 1.80. The van der Waals surface area contributed by atoms with Crippen LogP contribution < -0.4 is 4.90 Å². The molecule has 2 aromatic rings. The second kappa shape index (κ2) is 5.04. The fraction of sp³-hybridized carbons (Fsp3) is 0.286. The highest BCUT2D eigenvalue weighted by molar-refractivity contribution is 6.05. The number of aromatic nitrogens is 1. The topological polar surface area (TPSA) is 46.3 Å². The van der Waals surface area contributed by atoms with E-state index >= 15 is 0 Å². The quantitative estimate of drug-likeness (QED) is 0.833. The first-order chi connectivity index (χ1) is 8.65. The van der Waals surface area contributed by atoms with Crippen LogP contribution in [0, 0.1) is 13.8 Å². The SMILES string of the molecule is CCN(C(=O)c1noc(C)c1C)c1ccccc1. The Morgan fingerprint density at radius 2 is 1.94 bits per heavy atom. The third-order valence-electron chi connectivity index (χ3n) is 2.99. The van der Waals surface area contributed by atoms with Gasteiger partial charge in [0.15, 0.2) is 5.69 Å². The minimum Gasteiger partial charge on any atom is -0.361 e. The molecule has 0 spiro atoms. The highest BCUT2D eigenvalue weighted by Crippen LogP contribution is 2.19. The largest absolute Gasteiger partial charge is 0.361 e. The van der Waals surface area contributed by atoms with E-state index in [0.29, 0.717) is 18.0 Å². The Kier molecular flexibility index (Phi) is 3.46. The van der Waals surface area contributed by atoms with Gasteiger partial charge in [-0.05, 0) is 32.9 Å². The summed E-state index contributed by atoms with van der Waals surface area (Å²) in [4.78, 5) is 14.1. The van der Waals surface area contributed by atoms with Crippen LogP contribution in [-0.4, -0.2) is 17.6 Å². The van der Waals surface area contributed by atoms with Crippen molar-refractivity contribution in [3.8, 4) is 0 Å². The van der Waals surface area contributed by atoms with Crippen LogP contribution in [0.4, 0.5) is 5.69 Å². The molecule has 0 aliphatic heterocycles. The van der Waals surface area contributed by atoms with E-state index in [-0.39, 0.29) is 5.91 Å². The van der Waals surface area contributed by atoms with Gasteiger partial charge in [-0.15, -0.1) is 0 Å². The second-order valence-corrected chi connectivity index (χ2v) is 4.10. The van der Waals surface area contributed by atoms with Crippen molar-refractivity contribution in [3.63, 3.8) is 0 Å². The van der Waals surface area contributed by atoms with Crippen molar-refractivity contribution in [2.24, 2.45) is 0 Å². The third kappa shape index (κ3) is 2.14. The third-order valence-corrected chi connectivity index (χ3v) is 2.99. The molecule has 4 heteroatoms. The normalized spacial score (nSPS) is 10.4. The molecule has 18 heavy (non-hydrogen) atoms. The standard InChI is InChI=1S/C14H16N2O2/c1-4-16(12-8-6-5-7-9-12)14(17)13-10(2)11(3)18-15-13/h5-9H,4H2,1-3H3. The Morgan fingerprint density at radius 1 is 1.28 bits per heavy atom. The summed E-state index contributed by atoms with van der Waals surface area (Å²) in [5.74, 6) is 0.556. The molecule has 94 valence electrons. The number of nitrogens with zero attached hydrogens (tertiary/aromatic N) is 2. The van der Waals surface area contributed by atoms with Gasteiger partial charge in [0.25, 0.3) is 5.91 Å². The fourth-order valence-corrected chi connectivity index (χ4v) is 1.80. The Balaban J connectivity index is 2.35. The predicted octanol–water partition coefficient (Wildman–Crippen LogP) is 2.96. The van der Waals surface area contributed by atoms with E-state index < -0.39 is 0 Å². The molecule has 0 fully saturated rings. The van der Waals surface area contributed by atoms with E-state index in [9.17, 15) is 4.79 Å². The van der Waals surface area contributed by atoms with E-state index in [1.807, 2.05) is 44.2 Å². The summed E-state index contributed by atoms with van der Waals surface area (Å²) in [5.41, 5.74) is 2.05. The van der Waals surface area contributed by atoms with Gasteiger partial charge < -0.3 is 9.42 Å². The van der Waals surface area contributed by atoms with Crippen molar-refractivity contribution in [1.82, 2.24) is 5.16 Å². The van der Waals surface area contributed by atoms with Gasteiger partial charge in [-0.2, -0.15) is 0 Å². The Labute approximate surface area is 106 Å². The van der Waals surface area contributed by atoms with E-state index in [0.717, 1.165) is 11.3 Å². The average Bonchev–Trinajstić information content (AvgIpc) is 2.72. The summed E-state index contributed by atoms with van der Waals surface area (Å²) < 4.78 is 5.05. The first-order valence-electron chi connectivity index (χ1n) is 5.95. The molecule has 0 saturated heterocycles.